The van der Waals surface area contributed by atoms with Crippen LogP contribution < -0.4 is 4.74 Å². The van der Waals surface area contributed by atoms with Crippen molar-refractivity contribution >= 4 is 16.7 Å². The Bertz CT molecular complexity index is 1370. The standard InChI is InChI=1S/C31H35N5O2/c1-32-25-10-11-26(33-19-25)22-37-30-14-12-27-29(34-38-31(27)28(30)21-35(2)3)13-9-23-15-17-36(18-16-23)20-24-7-5-4-6-8-24/h4-8,10-12,14,19,23H,9,13,15-18,20-22H2,2-3H3. The first-order valence-corrected chi connectivity index (χ1v) is 13.4. The van der Waals surface area contributed by atoms with Crippen LogP contribution in [-0.4, -0.2) is 47.1 Å². The zero-order valence-corrected chi connectivity index (χ0v) is 22.3. The first-order valence-electron chi connectivity index (χ1n) is 13.4. The lowest BCUT2D eigenvalue weighted by atomic mass is 9.91. The lowest BCUT2D eigenvalue weighted by Crippen LogP contribution is -2.33. The fourth-order valence-corrected chi connectivity index (χ4v) is 5.21. The largest absolute Gasteiger partial charge is 0.487 e. The van der Waals surface area contributed by atoms with Crippen molar-refractivity contribution in [3.63, 3.8) is 0 Å². The maximum Gasteiger partial charge on any atom is 0.205 e. The molecule has 0 atom stereocenters. The molecule has 38 heavy (non-hydrogen) atoms. The number of aromatic nitrogens is 2. The molecule has 2 aromatic carbocycles. The van der Waals surface area contributed by atoms with E-state index in [1.54, 1.807) is 12.3 Å². The maximum absolute atomic E-state index is 7.09. The molecule has 4 aromatic rings. The molecule has 0 bridgehead atoms. The highest BCUT2D eigenvalue weighted by Gasteiger charge is 2.22. The Morgan fingerprint density at radius 3 is 2.61 bits per heavy atom. The van der Waals surface area contributed by atoms with Crippen molar-refractivity contribution in [2.75, 3.05) is 27.2 Å². The minimum absolute atomic E-state index is 0.328. The van der Waals surface area contributed by atoms with Crippen molar-refractivity contribution in [1.29, 1.82) is 0 Å². The first kappa shape index (κ1) is 25.9. The average Bonchev–Trinajstić information content (AvgIpc) is 3.36. The summed E-state index contributed by atoms with van der Waals surface area (Å²) >= 11 is 0. The average molecular weight is 510 g/mol. The van der Waals surface area contributed by atoms with Gasteiger partial charge in [0.05, 0.1) is 23.5 Å². The van der Waals surface area contributed by atoms with E-state index in [0.717, 1.165) is 72.1 Å². The van der Waals surface area contributed by atoms with Gasteiger partial charge in [0.2, 0.25) is 5.69 Å². The number of likely N-dealkylation sites (tertiary alicyclic amines) is 1. The summed E-state index contributed by atoms with van der Waals surface area (Å²) in [5.74, 6) is 1.50. The van der Waals surface area contributed by atoms with Crippen molar-refractivity contribution in [1.82, 2.24) is 19.9 Å². The third kappa shape index (κ3) is 6.39. The Labute approximate surface area is 224 Å². The summed E-state index contributed by atoms with van der Waals surface area (Å²) in [6.45, 7) is 11.5. The molecule has 7 heteroatoms. The van der Waals surface area contributed by atoms with Crippen molar-refractivity contribution in [3.05, 3.63) is 94.7 Å². The van der Waals surface area contributed by atoms with Crippen LogP contribution in [-0.2, 0) is 26.1 Å². The quantitative estimate of drug-likeness (QED) is 0.235. The van der Waals surface area contributed by atoms with E-state index in [0.29, 0.717) is 18.8 Å². The number of aryl methyl sites for hydroxylation is 1. The minimum Gasteiger partial charge on any atom is -0.487 e. The highest BCUT2D eigenvalue weighted by Crippen LogP contribution is 2.33. The van der Waals surface area contributed by atoms with E-state index in [4.69, 9.17) is 15.8 Å². The van der Waals surface area contributed by atoms with Crippen LogP contribution in [0.1, 0.15) is 41.8 Å². The molecule has 196 valence electrons. The maximum atomic E-state index is 7.09. The Morgan fingerprint density at radius 1 is 1.08 bits per heavy atom. The van der Waals surface area contributed by atoms with Gasteiger partial charge in [0, 0.05) is 24.7 Å². The molecule has 0 amide bonds. The third-order valence-electron chi connectivity index (χ3n) is 7.31. The summed E-state index contributed by atoms with van der Waals surface area (Å²) in [4.78, 5) is 12.4. The molecule has 1 fully saturated rings. The number of nitrogens with zero attached hydrogens (tertiary/aromatic N) is 5. The molecule has 0 radical (unpaired) electrons. The van der Waals surface area contributed by atoms with Crippen molar-refractivity contribution in [2.24, 2.45) is 5.92 Å². The van der Waals surface area contributed by atoms with Gasteiger partial charge in [0.1, 0.15) is 12.4 Å². The molecule has 3 heterocycles. The molecular weight excluding hydrogens is 474 g/mol. The second kappa shape index (κ2) is 12.2. The summed E-state index contributed by atoms with van der Waals surface area (Å²) < 4.78 is 12.1. The Kier molecular flexibility index (Phi) is 8.32. The lowest BCUT2D eigenvalue weighted by Gasteiger charge is -2.31. The number of hydrogen-bond acceptors (Lipinski definition) is 6. The molecule has 2 aromatic heterocycles. The summed E-state index contributed by atoms with van der Waals surface area (Å²) in [7, 11) is 4.07. The van der Waals surface area contributed by atoms with E-state index in [1.165, 1.54) is 18.4 Å². The third-order valence-corrected chi connectivity index (χ3v) is 7.31. The van der Waals surface area contributed by atoms with Crippen molar-refractivity contribution in [3.8, 4) is 5.75 Å². The molecule has 0 saturated carbocycles. The van der Waals surface area contributed by atoms with Crippen LogP contribution >= 0.6 is 0 Å². The van der Waals surface area contributed by atoms with E-state index < -0.39 is 0 Å². The van der Waals surface area contributed by atoms with Crippen LogP contribution in [0.25, 0.3) is 15.8 Å². The highest BCUT2D eigenvalue weighted by atomic mass is 16.5. The van der Waals surface area contributed by atoms with Crippen LogP contribution in [0, 0.1) is 12.5 Å². The molecule has 1 aliphatic rings. The van der Waals surface area contributed by atoms with Crippen LogP contribution in [0.5, 0.6) is 5.75 Å². The zero-order chi connectivity index (χ0) is 26.3. The second-order valence-corrected chi connectivity index (χ2v) is 10.4. The molecule has 0 spiro atoms. The lowest BCUT2D eigenvalue weighted by molar-refractivity contribution is 0.172. The van der Waals surface area contributed by atoms with Gasteiger partial charge >= 0.3 is 0 Å². The molecule has 1 saturated heterocycles. The molecular formula is C31H35N5O2. The monoisotopic (exact) mass is 509 g/mol. The first-order chi connectivity index (χ1) is 18.6. The van der Waals surface area contributed by atoms with Gasteiger partial charge in [-0.3, -0.25) is 9.88 Å². The van der Waals surface area contributed by atoms with Gasteiger partial charge in [-0.05, 0) is 82.5 Å². The van der Waals surface area contributed by atoms with E-state index in [2.05, 4.69) is 61.2 Å². The molecule has 7 nitrogen and oxygen atoms in total. The summed E-state index contributed by atoms with van der Waals surface area (Å²) in [6.07, 6.45) is 6.10. The topological polar surface area (TPSA) is 59.0 Å². The fraction of sp³-hybridized carbons (Fsp3) is 0.387. The predicted octanol–water partition coefficient (Wildman–Crippen LogP) is 6.26. The van der Waals surface area contributed by atoms with Gasteiger partial charge in [-0.1, -0.05) is 41.6 Å². The van der Waals surface area contributed by atoms with Crippen LogP contribution in [0.3, 0.4) is 0 Å². The van der Waals surface area contributed by atoms with Gasteiger partial charge in [-0.2, -0.15) is 0 Å². The molecule has 0 unspecified atom stereocenters. The molecule has 5 rings (SSSR count). The predicted molar refractivity (Wildman–Crippen MR) is 149 cm³/mol. The van der Waals surface area contributed by atoms with Gasteiger partial charge in [-0.25, -0.2) is 4.85 Å². The summed E-state index contributed by atoms with van der Waals surface area (Å²) in [5, 5.41) is 5.58. The van der Waals surface area contributed by atoms with Gasteiger partial charge in [0.15, 0.2) is 5.58 Å². The minimum atomic E-state index is 0.328. The van der Waals surface area contributed by atoms with E-state index in [9.17, 15) is 0 Å². The van der Waals surface area contributed by atoms with Crippen LogP contribution in [0.15, 0.2) is 65.3 Å². The Hall–Kier alpha value is -3.73. The highest BCUT2D eigenvalue weighted by molar-refractivity contribution is 5.84. The number of fused-ring (bicyclic) bond motifs is 1. The zero-order valence-electron chi connectivity index (χ0n) is 22.3. The van der Waals surface area contributed by atoms with Crippen molar-refractivity contribution < 1.29 is 9.26 Å². The number of hydrogen-bond donors (Lipinski definition) is 0. The van der Waals surface area contributed by atoms with Crippen LogP contribution in [0.2, 0.25) is 0 Å². The normalized spacial score (nSPS) is 14.7. The number of pyridine rings is 1. The molecule has 1 aliphatic heterocycles. The Morgan fingerprint density at radius 2 is 1.89 bits per heavy atom. The van der Waals surface area contributed by atoms with E-state index in [1.807, 2.05) is 26.2 Å². The van der Waals surface area contributed by atoms with Crippen LogP contribution in [0.4, 0.5) is 5.69 Å². The Balaban J connectivity index is 1.22. The number of ether oxygens (including phenoxy) is 1. The van der Waals surface area contributed by atoms with Gasteiger partial charge in [-0.15, -0.1) is 0 Å². The SMILES string of the molecule is [C-]#[N+]c1ccc(COc2ccc3c(CCC4CCN(Cc5ccccc5)CC4)noc3c2CN(C)C)nc1. The smallest absolute Gasteiger partial charge is 0.205 e. The van der Waals surface area contributed by atoms with Gasteiger partial charge in [0.25, 0.3) is 0 Å². The molecule has 0 aliphatic carbocycles. The van der Waals surface area contributed by atoms with E-state index >= 15 is 0 Å². The summed E-state index contributed by atoms with van der Waals surface area (Å²) in [5.41, 5.74) is 5.54. The summed E-state index contributed by atoms with van der Waals surface area (Å²) in [6, 6.07) is 18.4. The van der Waals surface area contributed by atoms with Gasteiger partial charge < -0.3 is 14.2 Å². The van der Waals surface area contributed by atoms with Crippen molar-refractivity contribution in [2.45, 2.75) is 45.4 Å². The van der Waals surface area contributed by atoms with E-state index in [-0.39, 0.29) is 0 Å². The second-order valence-electron chi connectivity index (χ2n) is 10.4. The number of piperidine rings is 1. The fourth-order valence-electron chi connectivity index (χ4n) is 5.21. The molecule has 0 N–H and O–H groups in total. The number of rotatable bonds is 10. The number of benzene rings is 2.